The predicted molar refractivity (Wildman–Crippen MR) is 195 cm³/mol. The highest BCUT2D eigenvalue weighted by Crippen LogP contribution is 2.38. The number of alkyl halides is 3. The molecule has 0 aliphatic rings. The summed E-state index contributed by atoms with van der Waals surface area (Å²) in [4.78, 5) is 11.3. The number of carboxylic acid groups (broad SMARTS) is 1. The maximum atomic E-state index is 13.3. The van der Waals surface area contributed by atoms with E-state index in [4.69, 9.17) is 16.3 Å². The van der Waals surface area contributed by atoms with Crippen LogP contribution in [-0.4, -0.2) is 37.2 Å². The quantitative estimate of drug-likeness (QED) is 0.116. The number of hydrogen-bond acceptors (Lipinski definition) is 4. The number of fused-ring (bicyclic) bond motifs is 1. The molecule has 6 rings (SSSR count). The number of hydrogen-bond donors (Lipinski definition) is 2. The minimum atomic E-state index is -4.60. The van der Waals surface area contributed by atoms with Crippen LogP contribution in [0.2, 0.25) is 5.02 Å². The maximum Gasteiger partial charge on any atom is 0.416 e. The number of carbonyl (C=O) groups is 1. The van der Waals surface area contributed by atoms with Crippen LogP contribution in [0.4, 0.5) is 13.2 Å². The van der Waals surface area contributed by atoms with Crippen LogP contribution in [-0.2, 0) is 34.8 Å². The number of benzene rings is 5. The second-order valence-corrected chi connectivity index (χ2v) is 14.5. The fraction of sp³-hybridized carbons (Fsp3) is 0.175. The lowest BCUT2D eigenvalue weighted by Crippen LogP contribution is -2.28. The zero-order chi connectivity index (χ0) is 36.9. The molecular weight excluding hydrogens is 713 g/mol. The number of nitrogens with one attached hydrogen (secondary N) is 1. The SMILES string of the molecule is O=C(O)c1ccc(OCCc2c(CCNS(=O)(=O)Cc3cccc(C(F)(F)F)c3)n(C(c3ccccc3)c3ccccc3)c3cc(Cl)ccc23)cc1. The van der Waals surface area contributed by atoms with Crippen LogP contribution in [0.15, 0.2) is 127 Å². The fourth-order valence-corrected chi connectivity index (χ4v) is 7.71. The minimum Gasteiger partial charge on any atom is -0.493 e. The molecule has 7 nitrogen and oxygen atoms in total. The number of carboxylic acids is 1. The van der Waals surface area contributed by atoms with E-state index in [0.717, 1.165) is 45.4 Å². The largest absolute Gasteiger partial charge is 0.493 e. The van der Waals surface area contributed by atoms with Crippen LogP contribution in [0.25, 0.3) is 10.9 Å². The van der Waals surface area contributed by atoms with E-state index in [2.05, 4.69) is 9.29 Å². The van der Waals surface area contributed by atoms with Crippen LogP contribution < -0.4 is 9.46 Å². The molecule has 5 aromatic carbocycles. The van der Waals surface area contributed by atoms with Crippen molar-refractivity contribution in [2.24, 2.45) is 0 Å². The molecule has 52 heavy (non-hydrogen) atoms. The lowest BCUT2D eigenvalue weighted by atomic mass is 9.97. The van der Waals surface area contributed by atoms with E-state index in [9.17, 15) is 31.5 Å². The monoisotopic (exact) mass is 746 g/mol. The van der Waals surface area contributed by atoms with Gasteiger partial charge >= 0.3 is 12.1 Å². The summed E-state index contributed by atoms with van der Waals surface area (Å²) in [6.45, 7) is 0.190. The van der Waals surface area contributed by atoms with Gasteiger partial charge in [0.05, 0.1) is 35.0 Å². The standard InChI is InChI=1S/C40H34ClF3N2O5S/c41-32-16-19-34-35(21-23-51-33-17-14-30(15-18-33)39(47)48)36(20-22-45-52(49,50)26-27-8-7-13-31(24-27)40(42,43)44)46(37(34)25-32)38(28-9-3-1-4-10-28)29-11-5-2-6-12-29/h1-19,24-25,38,45H,20-23,26H2,(H,47,48). The van der Waals surface area contributed by atoms with Gasteiger partial charge in [0.2, 0.25) is 10.0 Å². The highest BCUT2D eigenvalue weighted by molar-refractivity contribution is 7.88. The molecule has 0 aliphatic heterocycles. The minimum absolute atomic E-state index is 0.0218. The van der Waals surface area contributed by atoms with Gasteiger partial charge in [-0.3, -0.25) is 0 Å². The first-order valence-corrected chi connectivity index (χ1v) is 18.4. The van der Waals surface area contributed by atoms with Gasteiger partial charge in [0.15, 0.2) is 0 Å². The van der Waals surface area contributed by atoms with Crippen molar-refractivity contribution in [1.29, 1.82) is 0 Å². The molecule has 0 saturated carbocycles. The van der Waals surface area contributed by atoms with E-state index in [-0.39, 0.29) is 36.7 Å². The van der Waals surface area contributed by atoms with E-state index >= 15 is 0 Å². The molecule has 0 saturated heterocycles. The van der Waals surface area contributed by atoms with Crippen molar-refractivity contribution in [3.8, 4) is 5.75 Å². The number of sulfonamides is 1. The number of halogens is 4. The summed E-state index contributed by atoms with van der Waals surface area (Å²) in [5.41, 5.74) is 3.76. The molecule has 1 aromatic heterocycles. The van der Waals surface area contributed by atoms with Gasteiger partial charge in [-0.25, -0.2) is 17.9 Å². The Kier molecular flexibility index (Phi) is 11.0. The lowest BCUT2D eigenvalue weighted by Gasteiger charge is -2.25. The van der Waals surface area contributed by atoms with E-state index in [1.807, 2.05) is 72.8 Å². The molecule has 2 N–H and O–H groups in total. The number of aromatic nitrogens is 1. The summed E-state index contributed by atoms with van der Waals surface area (Å²) in [7, 11) is -4.03. The van der Waals surface area contributed by atoms with Crippen molar-refractivity contribution < 1.29 is 36.2 Å². The first kappa shape index (κ1) is 36.7. The Morgan fingerprint density at radius 2 is 1.48 bits per heavy atom. The third-order valence-electron chi connectivity index (χ3n) is 8.69. The van der Waals surface area contributed by atoms with Crippen LogP contribution in [0.3, 0.4) is 0 Å². The Bertz CT molecular complexity index is 2240. The summed E-state index contributed by atoms with van der Waals surface area (Å²) < 4.78 is 77.2. The molecule has 0 unspecified atom stereocenters. The average Bonchev–Trinajstić information content (AvgIpc) is 3.40. The van der Waals surface area contributed by atoms with E-state index < -0.39 is 33.5 Å². The molecule has 0 aliphatic carbocycles. The van der Waals surface area contributed by atoms with Crippen molar-refractivity contribution in [2.75, 3.05) is 13.2 Å². The van der Waals surface area contributed by atoms with Gasteiger partial charge in [-0.15, -0.1) is 0 Å². The fourth-order valence-electron chi connectivity index (χ4n) is 6.41. The van der Waals surface area contributed by atoms with Gasteiger partial charge in [-0.1, -0.05) is 96.5 Å². The molecular formula is C40H34ClF3N2O5S. The van der Waals surface area contributed by atoms with Crippen molar-refractivity contribution >= 4 is 38.5 Å². The van der Waals surface area contributed by atoms with Gasteiger partial charge in [-0.2, -0.15) is 13.2 Å². The van der Waals surface area contributed by atoms with Crippen LogP contribution in [0.5, 0.6) is 5.75 Å². The lowest BCUT2D eigenvalue weighted by molar-refractivity contribution is -0.137. The molecule has 268 valence electrons. The van der Waals surface area contributed by atoms with E-state index in [1.54, 1.807) is 18.2 Å². The third-order valence-corrected chi connectivity index (χ3v) is 10.3. The summed E-state index contributed by atoms with van der Waals surface area (Å²) >= 11 is 6.61. The molecule has 0 atom stereocenters. The first-order valence-electron chi connectivity index (χ1n) is 16.4. The molecule has 0 bridgehead atoms. The molecule has 6 aromatic rings. The van der Waals surface area contributed by atoms with Crippen molar-refractivity contribution in [2.45, 2.75) is 30.8 Å². The first-order chi connectivity index (χ1) is 24.9. The number of nitrogens with zero attached hydrogens (tertiary/aromatic N) is 1. The molecule has 1 heterocycles. The third kappa shape index (κ3) is 8.67. The molecule has 12 heteroatoms. The van der Waals surface area contributed by atoms with Crippen LogP contribution in [0.1, 0.15) is 49.9 Å². The zero-order valence-corrected chi connectivity index (χ0v) is 29.3. The Labute approximate surface area is 304 Å². The normalized spacial score (nSPS) is 12.0. The summed E-state index contributed by atoms with van der Waals surface area (Å²) in [6, 6.07) is 35.5. The highest BCUT2D eigenvalue weighted by atomic mass is 35.5. The second-order valence-electron chi connectivity index (χ2n) is 12.2. The molecule has 0 amide bonds. The summed E-state index contributed by atoms with van der Waals surface area (Å²) in [6.07, 6.45) is -3.96. The topological polar surface area (TPSA) is 97.6 Å². The second kappa shape index (κ2) is 15.6. The molecule has 0 radical (unpaired) electrons. The van der Waals surface area contributed by atoms with Gasteiger partial charge < -0.3 is 14.4 Å². The summed E-state index contributed by atoms with van der Waals surface area (Å²) in [5.74, 6) is -1.17. The van der Waals surface area contributed by atoms with Gasteiger partial charge in [0.25, 0.3) is 0 Å². The molecule has 0 spiro atoms. The average molecular weight is 747 g/mol. The van der Waals surface area contributed by atoms with E-state index in [0.29, 0.717) is 17.2 Å². The Morgan fingerprint density at radius 1 is 0.827 bits per heavy atom. The predicted octanol–water partition coefficient (Wildman–Crippen LogP) is 8.93. The maximum absolute atomic E-state index is 13.3. The van der Waals surface area contributed by atoms with Gasteiger partial charge in [0, 0.05) is 35.5 Å². The van der Waals surface area contributed by atoms with Crippen molar-refractivity contribution in [3.05, 3.63) is 171 Å². The number of rotatable bonds is 14. The molecule has 0 fully saturated rings. The zero-order valence-electron chi connectivity index (χ0n) is 27.7. The van der Waals surface area contributed by atoms with Gasteiger partial charge in [-0.05, 0) is 64.7 Å². The van der Waals surface area contributed by atoms with Crippen molar-refractivity contribution in [3.63, 3.8) is 0 Å². The number of ether oxygens (including phenoxy) is 1. The van der Waals surface area contributed by atoms with Crippen molar-refractivity contribution in [1.82, 2.24) is 9.29 Å². The van der Waals surface area contributed by atoms with Crippen LogP contribution in [0, 0.1) is 0 Å². The smallest absolute Gasteiger partial charge is 0.416 e. The van der Waals surface area contributed by atoms with E-state index in [1.165, 1.54) is 24.3 Å². The Balaban J connectivity index is 1.38. The van der Waals surface area contributed by atoms with Crippen LogP contribution >= 0.6 is 11.6 Å². The Morgan fingerprint density at radius 3 is 2.10 bits per heavy atom. The number of aromatic carboxylic acids is 1. The highest BCUT2D eigenvalue weighted by Gasteiger charge is 2.31. The van der Waals surface area contributed by atoms with Gasteiger partial charge in [0.1, 0.15) is 5.75 Å². The Hall–Kier alpha value is -5.10. The summed E-state index contributed by atoms with van der Waals surface area (Å²) in [5, 5.41) is 10.7.